The Morgan fingerprint density at radius 1 is 0.360 bits per heavy atom. The van der Waals surface area contributed by atoms with Crippen molar-refractivity contribution in [1.29, 1.82) is 0 Å². The van der Waals surface area contributed by atoms with Crippen molar-refractivity contribution in [2.75, 3.05) is 0 Å². The van der Waals surface area contributed by atoms with Gasteiger partial charge in [0, 0.05) is 42.1 Å². The standard InChI is InChI=1S/C45H27N3OS/c1-3-12-28(13-4-1)30-22-24-35(37(26-30)29-14-5-2-6-15-29)44-46-43(31-23-25-41-38(27-31)33-17-8-10-21-40(33)50-41)47-45(48-44)36-19-11-18-34-32-16-7-9-20-39(32)49-42(34)36/h1-27H. The van der Waals surface area contributed by atoms with E-state index in [1.165, 1.54) is 20.2 Å². The molecule has 4 nitrogen and oxygen atoms in total. The van der Waals surface area contributed by atoms with Crippen molar-refractivity contribution in [1.82, 2.24) is 15.0 Å². The minimum atomic E-state index is 0.566. The van der Waals surface area contributed by atoms with E-state index in [0.717, 1.165) is 60.9 Å². The fraction of sp³-hybridized carbons (Fsp3) is 0. The Kier molecular flexibility index (Phi) is 6.64. The zero-order chi connectivity index (χ0) is 33.0. The summed E-state index contributed by atoms with van der Waals surface area (Å²) >= 11 is 1.80. The van der Waals surface area contributed by atoms with Gasteiger partial charge in [0.05, 0.1) is 5.56 Å². The summed E-state index contributed by atoms with van der Waals surface area (Å²) in [7, 11) is 0. The third kappa shape index (κ3) is 4.79. The molecule has 0 bridgehead atoms. The smallest absolute Gasteiger partial charge is 0.167 e. The zero-order valence-electron chi connectivity index (χ0n) is 26.7. The Hall–Kier alpha value is -6.43. The van der Waals surface area contributed by atoms with Crippen LogP contribution in [0.2, 0.25) is 0 Å². The van der Waals surface area contributed by atoms with E-state index in [-0.39, 0.29) is 0 Å². The van der Waals surface area contributed by atoms with Crippen LogP contribution in [0.4, 0.5) is 0 Å². The van der Waals surface area contributed by atoms with Gasteiger partial charge in [0.25, 0.3) is 0 Å². The highest BCUT2D eigenvalue weighted by Crippen LogP contribution is 2.40. The summed E-state index contributed by atoms with van der Waals surface area (Å²) in [5.74, 6) is 1.78. The number of furan rings is 1. The molecule has 7 aromatic carbocycles. The Labute approximate surface area is 292 Å². The van der Waals surface area contributed by atoms with E-state index < -0.39 is 0 Å². The van der Waals surface area contributed by atoms with Crippen molar-refractivity contribution in [2.45, 2.75) is 0 Å². The van der Waals surface area contributed by atoms with Gasteiger partial charge in [-0.1, -0.05) is 115 Å². The second-order valence-electron chi connectivity index (χ2n) is 12.4. The van der Waals surface area contributed by atoms with Crippen molar-refractivity contribution in [3.05, 3.63) is 164 Å². The summed E-state index contributed by atoms with van der Waals surface area (Å²) in [5.41, 5.74) is 8.72. The van der Waals surface area contributed by atoms with E-state index >= 15 is 0 Å². The van der Waals surface area contributed by atoms with Crippen LogP contribution in [0.5, 0.6) is 0 Å². The van der Waals surface area contributed by atoms with Crippen molar-refractivity contribution >= 4 is 53.4 Å². The SMILES string of the molecule is c1ccc(-c2ccc(-c3nc(-c4ccc5sc6ccccc6c5c4)nc(-c4cccc5c4oc4ccccc45)n3)c(-c3ccccc3)c2)cc1. The number of benzene rings is 7. The monoisotopic (exact) mass is 657 g/mol. The van der Waals surface area contributed by atoms with Gasteiger partial charge >= 0.3 is 0 Å². The van der Waals surface area contributed by atoms with Gasteiger partial charge in [0.2, 0.25) is 0 Å². The number of aromatic nitrogens is 3. The molecule has 50 heavy (non-hydrogen) atoms. The van der Waals surface area contributed by atoms with Gasteiger partial charge < -0.3 is 4.42 Å². The molecule has 3 aromatic heterocycles. The predicted octanol–water partition coefficient (Wildman–Crippen LogP) is 12.5. The highest BCUT2D eigenvalue weighted by atomic mass is 32.1. The first-order chi connectivity index (χ1) is 24.8. The topological polar surface area (TPSA) is 51.8 Å². The number of para-hydroxylation sites is 2. The molecular formula is C45H27N3OS. The van der Waals surface area contributed by atoms with Crippen LogP contribution < -0.4 is 0 Å². The van der Waals surface area contributed by atoms with Crippen LogP contribution in [0.25, 0.3) is 98.5 Å². The lowest BCUT2D eigenvalue weighted by molar-refractivity contribution is 0.669. The lowest BCUT2D eigenvalue weighted by Crippen LogP contribution is -2.01. The predicted molar refractivity (Wildman–Crippen MR) is 207 cm³/mol. The molecule has 0 aliphatic rings. The minimum Gasteiger partial charge on any atom is -0.455 e. The molecule has 3 heterocycles. The fourth-order valence-electron chi connectivity index (χ4n) is 6.94. The third-order valence-electron chi connectivity index (χ3n) is 9.37. The van der Waals surface area contributed by atoms with Crippen LogP contribution in [0.1, 0.15) is 0 Å². The van der Waals surface area contributed by atoms with Crippen LogP contribution in [0, 0.1) is 0 Å². The summed E-state index contributed by atoms with van der Waals surface area (Å²) in [6.07, 6.45) is 0. The van der Waals surface area contributed by atoms with Crippen molar-refractivity contribution in [3.8, 4) is 56.4 Å². The first-order valence-electron chi connectivity index (χ1n) is 16.6. The first kappa shape index (κ1) is 28.6. The van der Waals surface area contributed by atoms with E-state index in [0.29, 0.717) is 17.5 Å². The Bertz CT molecular complexity index is 2870. The van der Waals surface area contributed by atoms with Gasteiger partial charge in [-0.05, 0) is 70.8 Å². The third-order valence-corrected chi connectivity index (χ3v) is 10.5. The molecule has 0 aliphatic carbocycles. The molecule has 0 fully saturated rings. The van der Waals surface area contributed by atoms with Crippen molar-refractivity contribution in [3.63, 3.8) is 0 Å². The Morgan fingerprint density at radius 2 is 1.00 bits per heavy atom. The van der Waals surface area contributed by atoms with E-state index in [9.17, 15) is 0 Å². The molecule has 0 saturated carbocycles. The van der Waals surface area contributed by atoms with Gasteiger partial charge in [-0.2, -0.15) is 0 Å². The Morgan fingerprint density at radius 3 is 1.84 bits per heavy atom. The quantitative estimate of drug-likeness (QED) is 0.185. The lowest BCUT2D eigenvalue weighted by Gasteiger charge is -2.14. The molecule has 0 amide bonds. The molecule has 0 radical (unpaired) electrons. The maximum absolute atomic E-state index is 6.48. The maximum atomic E-state index is 6.48. The molecule has 10 rings (SSSR count). The second kappa shape index (κ2) is 11.6. The van der Waals surface area contributed by atoms with Crippen molar-refractivity contribution in [2.24, 2.45) is 0 Å². The molecule has 0 saturated heterocycles. The molecule has 0 spiro atoms. The van der Waals surface area contributed by atoms with Crippen LogP contribution >= 0.6 is 11.3 Å². The summed E-state index contributed by atoms with van der Waals surface area (Å²) in [5, 5.41) is 4.53. The first-order valence-corrected chi connectivity index (χ1v) is 17.4. The molecule has 10 aromatic rings. The average Bonchev–Trinajstić information content (AvgIpc) is 3.76. The van der Waals surface area contributed by atoms with E-state index in [1.807, 2.05) is 36.4 Å². The summed E-state index contributed by atoms with van der Waals surface area (Å²) in [4.78, 5) is 15.6. The summed E-state index contributed by atoms with van der Waals surface area (Å²) in [6.45, 7) is 0. The number of thiophene rings is 1. The lowest BCUT2D eigenvalue weighted by atomic mass is 9.94. The Balaban J connectivity index is 1.24. The molecule has 0 unspecified atom stereocenters. The second-order valence-corrected chi connectivity index (χ2v) is 13.5. The minimum absolute atomic E-state index is 0.566. The van der Waals surface area contributed by atoms with E-state index in [4.69, 9.17) is 19.4 Å². The fourth-order valence-corrected chi connectivity index (χ4v) is 8.03. The van der Waals surface area contributed by atoms with Crippen molar-refractivity contribution < 1.29 is 4.42 Å². The maximum Gasteiger partial charge on any atom is 0.167 e. The summed E-state index contributed by atoms with van der Waals surface area (Å²) < 4.78 is 8.98. The molecular weight excluding hydrogens is 631 g/mol. The number of nitrogens with zero attached hydrogens (tertiary/aromatic N) is 3. The zero-order valence-corrected chi connectivity index (χ0v) is 27.6. The van der Waals surface area contributed by atoms with Crippen LogP contribution in [-0.2, 0) is 0 Å². The molecule has 0 aliphatic heterocycles. The van der Waals surface area contributed by atoms with Crippen LogP contribution in [-0.4, -0.2) is 15.0 Å². The van der Waals surface area contributed by atoms with Crippen LogP contribution in [0.15, 0.2) is 168 Å². The van der Waals surface area contributed by atoms with Gasteiger partial charge in [-0.25, -0.2) is 15.0 Å². The normalized spacial score (nSPS) is 11.6. The number of rotatable bonds is 5. The van der Waals surface area contributed by atoms with E-state index in [2.05, 4.69) is 127 Å². The largest absolute Gasteiger partial charge is 0.455 e. The van der Waals surface area contributed by atoms with Gasteiger partial charge in [-0.3, -0.25) is 0 Å². The number of fused-ring (bicyclic) bond motifs is 6. The highest BCUT2D eigenvalue weighted by Gasteiger charge is 2.20. The number of hydrogen-bond acceptors (Lipinski definition) is 5. The highest BCUT2D eigenvalue weighted by molar-refractivity contribution is 7.25. The van der Waals surface area contributed by atoms with E-state index in [1.54, 1.807) is 11.3 Å². The molecule has 0 N–H and O–H groups in total. The molecule has 5 heteroatoms. The molecule has 0 atom stereocenters. The van der Waals surface area contributed by atoms with Gasteiger partial charge in [0.1, 0.15) is 11.2 Å². The van der Waals surface area contributed by atoms with Crippen LogP contribution in [0.3, 0.4) is 0 Å². The average molecular weight is 658 g/mol. The van der Waals surface area contributed by atoms with Gasteiger partial charge in [0.15, 0.2) is 17.5 Å². The van der Waals surface area contributed by atoms with Gasteiger partial charge in [-0.15, -0.1) is 11.3 Å². The number of hydrogen-bond donors (Lipinski definition) is 0. The summed E-state index contributed by atoms with van der Waals surface area (Å²) in [6, 6.07) is 56.9. The molecule has 234 valence electrons.